The van der Waals surface area contributed by atoms with Crippen LogP contribution in [0, 0.1) is 0 Å². The molecular weight excluding hydrogens is 230 g/mol. The number of para-hydroxylation sites is 1. The number of likely N-dealkylation sites (N-methyl/N-ethyl adjacent to an activating group) is 1. The van der Waals surface area contributed by atoms with Crippen LogP contribution in [0.2, 0.25) is 0 Å². The fourth-order valence-electron chi connectivity index (χ4n) is 1.39. The fraction of sp³-hybridized carbons (Fsp3) is 0.385. The Morgan fingerprint density at radius 2 is 1.89 bits per heavy atom. The minimum atomic E-state index is -0.0642. The Kier molecular flexibility index (Phi) is 5.70. The Morgan fingerprint density at radius 3 is 2.50 bits per heavy atom. The third-order valence-corrected chi connectivity index (χ3v) is 2.60. The first-order valence-electron chi connectivity index (χ1n) is 5.87. The Morgan fingerprint density at radius 1 is 1.22 bits per heavy atom. The molecule has 18 heavy (non-hydrogen) atoms. The standard InChI is InChI=1S/C13H19N3O2/c1-14-12(17)8-9-16(2)13(18)10-15-11-6-4-3-5-7-11/h3-7,15H,8-10H2,1-2H3,(H,14,17). The number of carbonyl (C=O) groups excluding carboxylic acids is 2. The summed E-state index contributed by atoms with van der Waals surface area (Å²) in [7, 11) is 3.28. The van der Waals surface area contributed by atoms with E-state index >= 15 is 0 Å². The van der Waals surface area contributed by atoms with E-state index in [-0.39, 0.29) is 18.4 Å². The molecule has 0 atom stereocenters. The Bertz CT molecular complexity index is 392. The smallest absolute Gasteiger partial charge is 0.241 e. The number of nitrogens with zero attached hydrogens (tertiary/aromatic N) is 1. The highest BCUT2D eigenvalue weighted by Crippen LogP contribution is 2.04. The van der Waals surface area contributed by atoms with Crippen LogP contribution >= 0.6 is 0 Å². The molecule has 0 unspecified atom stereocenters. The second-order valence-corrected chi connectivity index (χ2v) is 3.96. The van der Waals surface area contributed by atoms with Gasteiger partial charge in [-0.15, -0.1) is 0 Å². The van der Waals surface area contributed by atoms with E-state index in [0.717, 1.165) is 5.69 Å². The molecule has 2 amide bonds. The molecule has 0 saturated carbocycles. The van der Waals surface area contributed by atoms with E-state index in [1.54, 1.807) is 19.0 Å². The summed E-state index contributed by atoms with van der Waals surface area (Å²) in [6, 6.07) is 9.53. The Hall–Kier alpha value is -2.04. The molecule has 0 fully saturated rings. The van der Waals surface area contributed by atoms with E-state index in [2.05, 4.69) is 10.6 Å². The van der Waals surface area contributed by atoms with Gasteiger partial charge in [0.05, 0.1) is 6.54 Å². The van der Waals surface area contributed by atoms with Gasteiger partial charge in [0.15, 0.2) is 0 Å². The molecule has 0 saturated heterocycles. The number of hydrogen-bond donors (Lipinski definition) is 2. The van der Waals surface area contributed by atoms with Crippen molar-refractivity contribution in [2.24, 2.45) is 0 Å². The van der Waals surface area contributed by atoms with Crippen molar-refractivity contribution in [1.29, 1.82) is 0 Å². The predicted molar refractivity (Wildman–Crippen MR) is 71.3 cm³/mol. The third-order valence-electron chi connectivity index (χ3n) is 2.60. The zero-order chi connectivity index (χ0) is 13.4. The third kappa shape index (κ3) is 4.86. The molecule has 1 rings (SSSR count). The predicted octanol–water partition coefficient (Wildman–Crippen LogP) is 0.693. The molecule has 0 heterocycles. The molecule has 0 bridgehead atoms. The Balaban J connectivity index is 2.30. The van der Waals surface area contributed by atoms with E-state index in [1.165, 1.54) is 0 Å². The van der Waals surface area contributed by atoms with Crippen LogP contribution in [-0.2, 0) is 9.59 Å². The summed E-state index contributed by atoms with van der Waals surface area (Å²) < 4.78 is 0. The lowest BCUT2D eigenvalue weighted by Crippen LogP contribution is -2.35. The number of carbonyl (C=O) groups is 2. The van der Waals surface area contributed by atoms with Crippen LogP contribution in [0.15, 0.2) is 30.3 Å². The van der Waals surface area contributed by atoms with Crippen molar-refractivity contribution in [1.82, 2.24) is 10.2 Å². The summed E-state index contributed by atoms with van der Waals surface area (Å²) in [6.07, 6.45) is 0.323. The SMILES string of the molecule is CNC(=O)CCN(C)C(=O)CNc1ccccc1. The summed E-state index contributed by atoms with van der Waals surface area (Å²) >= 11 is 0. The second-order valence-electron chi connectivity index (χ2n) is 3.96. The highest BCUT2D eigenvalue weighted by molar-refractivity contribution is 5.81. The maximum Gasteiger partial charge on any atom is 0.241 e. The van der Waals surface area contributed by atoms with Crippen molar-refractivity contribution in [2.75, 3.05) is 32.5 Å². The Labute approximate surface area is 107 Å². The van der Waals surface area contributed by atoms with E-state index in [4.69, 9.17) is 0 Å². The van der Waals surface area contributed by atoms with Crippen molar-refractivity contribution in [3.05, 3.63) is 30.3 Å². The van der Waals surface area contributed by atoms with Crippen LogP contribution in [0.5, 0.6) is 0 Å². The zero-order valence-corrected chi connectivity index (χ0v) is 10.8. The van der Waals surface area contributed by atoms with Gasteiger partial charge in [-0.05, 0) is 12.1 Å². The first-order valence-corrected chi connectivity index (χ1v) is 5.87. The lowest BCUT2D eigenvalue weighted by atomic mass is 10.3. The lowest BCUT2D eigenvalue weighted by molar-refractivity contribution is -0.128. The molecule has 1 aromatic carbocycles. The topological polar surface area (TPSA) is 61.4 Å². The molecule has 0 spiro atoms. The van der Waals surface area contributed by atoms with Crippen LogP contribution in [0.3, 0.4) is 0 Å². The van der Waals surface area contributed by atoms with Gasteiger partial charge in [-0.3, -0.25) is 9.59 Å². The van der Waals surface area contributed by atoms with Gasteiger partial charge < -0.3 is 15.5 Å². The van der Waals surface area contributed by atoms with Gasteiger partial charge in [0, 0.05) is 32.7 Å². The van der Waals surface area contributed by atoms with Gasteiger partial charge in [-0.25, -0.2) is 0 Å². The monoisotopic (exact) mass is 249 g/mol. The largest absolute Gasteiger partial charge is 0.376 e. The minimum Gasteiger partial charge on any atom is -0.376 e. The number of rotatable bonds is 6. The molecule has 0 radical (unpaired) electrons. The maximum atomic E-state index is 11.7. The average molecular weight is 249 g/mol. The fourth-order valence-corrected chi connectivity index (χ4v) is 1.39. The van der Waals surface area contributed by atoms with Gasteiger partial charge >= 0.3 is 0 Å². The second kappa shape index (κ2) is 7.32. The molecule has 0 aromatic heterocycles. The maximum absolute atomic E-state index is 11.7. The highest BCUT2D eigenvalue weighted by Gasteiger charge is 2.09. The van der Waals surface area contributed by atoms with Gasteiger partial charge in [0.25, 0.3) is 0 Å². The molecule has 0 aliphatic carbocycles. The van der Waals surface area contributed by atoms with Gasteiger partial charge in [-0.1, -0.05) is 18.2 Å². The number of anilines is 1. The van der Waals surface area contributed by atoms with Gasteiger partial charge in [-0.2, -0.15) is 0 Å². The van der Waals surface area contributed by atoms with E-state index in [9.17, 15) is 9.59 Å². The molecule has 5 nitrogen and oxygen atoms in total. The summed E-state index contributed by atoms with van der Waals surface area (Å²) in [4.78, 5) is 24.3. The lowest BCUT2D eigenvalue weighted by Gasteiger charge is -2.17. The molecule has 5 heteroatoms. The van der Waals surface area contributed by atoms with E-state index in [1.807, 2.05) is 30.3 Å². The molecule has 1 aromatic rings. The van der Waals surface area contributed by atoms with Crippen LogP contribution in [0.1, 0.15) is 6.42 Å². The van der Waals surface area contributed by atoms with Crippen molar-refractivity contribution >= 4 is 17.5 Å². The highest BCUT2D eigenvalue weighted by atomic mass is 16.2. The summed E-state index contributed by atoms with van der Waals surface area (Å²) in [5.74, 6) is -0.103. The molecule has 98 valence electrons. The van der Waals surface area contributed by atoms with Crippen LogP contribution < -0.4 is 10.6 Å². The number of hydrogen-bond acceptors (Lipinski definition) is 3. The molecular formula is C13H19N3O2. The average Bonchev–Trinajstić information content (AvgIpc) is 2.42. The van der Waals surface area contributed by atoms with Gasteiger partial charge in [0.2, 0.25) is 11.8 Å². The number of nitrogens with one attached hydrogen (secondary N) is 2. The van der Waals surface area contributed by atoms with Crippen LogP contribution in [-0.4, -0.2) is 43.9 Å². The first kappa shape index (κ1) is 14.0. The quantitative estimate of drug-likeness (QED) is 0.780. The number of benzene rings is 1. The van der Waals surface area contributed by atoms with E-state index < -0.39 is 0 Å². The normalized spacial score (nSPS) is 9.67. The van der Waals surface area contributed by atoms with Crippen LogP contribution in [0.4, 0.5) is 5.69 Å². The van der Waals surface area contributed by atoms with Crippen molar-refractivity contribution < 1.29 is 9.59 Å². The van der Waals surface area contributed by atoms with Crippen molar-refractivity contribution in [3.8, 4) is 0 Å². The number of amides is 2. The van der Waals surface area contributed by atoms with E-state index in [0.29, 0.717) is 13.0 Å². The van der Waals surface area contributed by atoms with Crippen LogP contribution in [0.25, 0.3) is 0 Å². The molecule has 0 aliphatic heterocycles. The summed E-state index contributed by atoms with van der Waals surface area (Å²) in [5.41, 5.74) is 0.908. The molecule has 2 N–H and O–H groups in total. The first-order chi connectivity index (χ1) is 8.63. The zero-order valence-electron chi connectivity index (χ0n) is 10.8. The minimum absolute atomic E-state index is 0.0391. The molecule has 0 aliphatic rings. The van der Waals surface area contributed by atoms with Gasteiger partial charge in [0.1, 0.15) is 0 Å². The van der Waals surface area contributed by atoms with Crippen molar-refractivity contribution in [3.63, 3.8) is 0 Å². The summed E-state index contributed by atoms with van der Waals surface area (Å²) in [6.45, 7) is 0.656. The summed E-state index contributed by atoms with van der Waals surface area (Å²) in [5, 5.41) is 5.56. The van der Waals surface area contributed by atoms with Crippen molar-refractivity contribution in [2.45, 2.75) is 6.42 Å².